The minimum Gasteiger partial charge on any atom is -0.473 e. The molecule has 170 valence electrons. The average molecular weight is 461 g/mol. The van der Waals surface area contributed by atoms with E-state index in [0.29, 0.717) is 11.4 Å². The number of ether oxygens (including phenoxy) is 4. The molecular weight excluding hydrogens is 436 g/mol. The van der Waals surface area contributed by atoms with Gasteiger partial charge in [0, 0.05) is 50.2 Å². The lowest BCUT2D eigenvalue weighted by molar-refractivity contribution is -0.186. The molecule has 1 fully saturated rings. The van der Waals surface area contributed by atoms with E-state index in [2.05, 4.69) is 9.97 Å². The Morgan fingerprint density at radius 2 is 1.66 bits per heavy atom. The largest absolute Gasteiger partial charge is 0.473 e. The van der Waals surface area contributed by atoms with Crippen molar-refractivity contribution >= 4 is 29.7 Å². The number of pyridine rings is 2. The molecule has 0 amide bonds. The minimum atomic E-state index is -1.02. The van der Waals surface area contributed by atoms with Gasteiger partial charge in [-0.25, -0.2) is 4.98 Å². The van der Waals surface area contributed by atoms with Crippen molar-refractivity contribution in [2.45, 2.75) is 51.4 Å². The van der Waals surface area contributed by atoms with Crippen LogP contribution in [0.15, 0.2) is 36.7 Å². The van der Waals surface area contributed by atoms with Gasteiger partial charge in [-0.15, -0.1) is 11.8 Å². The van der Waals surface area contributed by atoms with Gasteiger partial charge in [-0.1, -0.05) is 0 Å². The number of aromatic nitrogens is 2. The second-order valence-corrected chi connectivity index (χ2v) is 8.29. The van der Waals surface area contributed by atoms with Crippen LogP contribution in [0.25, 0.3) is 11.3 Å². The van der Waals surface area contributed by atoms with Crippen molar-refractivity contribution in [3.05, 3.63) is 42.4 Å². The van der Waals surface area contributed by atoms with Gasteiger partial charge in [0.05, 0.1) is 0 Å². The van der Waals surface area contributed by atoms with Crippen LogP contribution in [0.3, 0.4) is 0 Å². The first-order valence-corrected chi connectivity index (χ1v) is 11.0. The van der Waals surface area contributed by atoms with Gasteiger partial charge < -0.3 is 18.9 Å². The Kier molecular flexibility index (Phi) is 7.68. The predicted molar refractivity (Wildman–Crippen MR) is 116 cm³/mol. The summed E-state index contributed by atoms with van der Waals surface area (Å²) in [4.78, 5) is 43.9. The van der Waals surface area contributed by atoms with Crippen molar-refractivity contribution in [1.29, 1.82) is 0 Å². The molecule has 4 atom stereocenters. The molecule has 0 aliphatic carbocycles. The first-order valence-electron chi connectivity index (χ1n) is 9.92. The molecule has 1 aliphatic rings. The number of esters is 3. The summed E-state index contributed by atoms with van der Waals surface area (Å²) in [5.74, 6) is -0.981. The summed E-state index contributed by atoms with van der Waals surface area (Å²) >= 11 is 1.29. The van der Waals surface area contributed by atoms with E-state index in [9.17, 15) is 14.4 Å². The van der Waals surface area contributed by atoms with E-state index in [-0.39, 0.29) is 5.75 Å². The predicted octanol–water partition coefficient (Wildman–Crippen LogP) is 2.70. The first kappa shape index (κ1) is 23.5. The topological polar surface area (TPSA) is 114 Å². The lowest BCUT2D eigenvalue weighted by Gasteiger charge is -2.40. The second kappa shape index (κ2) is 10.4. The molecule has 1 aliphatic heterocycles. The molecule has 0 radical (unpaired) electrons. The number of carbonyl (C=O) groups excluding carboxylic acids is 3. The molecule has 3 rings (SSSR count). The molecule has 10 heteroatoms. The highest BCUT2D eigenvalue weighted by atomic mass is 32.2. The number of thioether (sulfide) groups is 1. The molecule has 0 spiro atoms. The number of carbonyl (C=O) groups is 3. The van der Waals surface area contributed by atoms with Crippen LogP contribution in [0.4, 0.5) is 0 Å². The Balaban J connectivity index is 1.95. The summed E-state index contributed by atoms with van der Waals surface area (Å²) in [6, 6.07) is 7.22. The van der Waals surface area contributed by atoms with Gasteiger partial charge in [-0.2, -0.15) is 0 Å². The highest BCUT2D eigenvalue weighted by molar-refractivity contribution is 7.99. The third kappa shape index (κ3) is 5.97. The van der Waals surface area contributed by atoms with Gasteiger partial charge >= 0.3 is 17.9 Å². The van der Waals surface area contributed by atoms with Crippen LogP contribution in [0.1, 0.15) is 26.5 Å². The molecule has 0 N–H and O–H groups in total. The Labute approximate surface area is 189 Å². The lowest BCUT2D eigenvalue weighted by Crippen LogP contribution is -2.55. The van der Waals surface area contributed by atoms with Gasteiger partial charge in [-0.3, -0.25) is 19.4 Å². The van der Waals surface area contributed by atoms with Crippen molar-refractivity contribution in [2.24, 2.45) is 0 Å². The smallest absolute Gasteiger partial charge is 0.303 e. The maximum Gasteiger partial charge on any atom is 0.303 e. The molecule has 1 saturated heterocycles. The second-order valence-electron chi connectivity index (χ2n) is 7.16. The van der Waals surface area contributed by atoms with Crippen LogP contribution in [-0.2, 0) is 28.6 Å². The Morgan fingerprint density at radius 3 is 2.28 bits per heavy atom. The maximum absolute atomic E-state index is 11.8. The van der Waals surface area contributed by atoms with E-state index >= 15 is 0 Å². The van der Waals surface area contributed by atoms with Crippen LogP contribution in [-0.4, -0.2) is 57.4 Å². The summed E-state index contributed by atoms with van der Waals surface area (Å²) < 4.78 is 22.4. The van der Waals surface area contributed by atoms with E-state index in [4.69, 9.17) is 18.9 Å². The fourth-order valence-electron chi connectivity index (χ4n) is 3.28. The minimum absolute atomic E-state index is 0.279. The van der Waals surface area contributed by atoms with Crippen LogP contribution >= 0.6 is 11.8 Å². The highest BCUT2D eigenvalue weighted by Gasteiger charge is 2.47. The van der Waals surface area contributed by atoms with Gasteiger partial charge in [-0.05, 0) is 31.2 Å². The molecule has 2 aromatic rings. The van der Waals surface area contributed by atoms with E-state index in [1.807, 2.05) is 13.0 Å². The Morgan fingerprint density at radius 1 is 0.969 bits per heavy atom. The number of aryl methyl sites for hydroxylation is 1. The number of hydrogen-bond acceptors (Lipinski definition) is 10. The maximum atomic E-state index is 11.8. The molecular formula is C22H24N2O7S. The Bertz CT molecular complexity index is 985. The monoisotopic (exact) mass is 460 g/mol. The SMILES string of the molecule is CC(=O)O[C@@H]1[C@@H](OC(C)=O)[C@@H](Oc2ccc(C)nc2-c2cccnc2)SC[C@H]1OC(C)=O. The standard InChI is InChI=1S/C22H24N2O7S/c1-12-7-8-17(19(24-12)16-6-5-9-23-10-16)31-22-21(30-15(4)27)20(29-14(3)26)18(11-32-22)28-13(2)25/h5-10,18,20-22H,11H2,1-4H3/t18-,20+,21-,22+/m1/s1. The zero-order valence-corrected chi connectivity index (χ0v) is 19.0. The van der Waals surface area contributed by atoms with Gasteiger partial charge in [0.15, 0.2) is 23.7 Å². The molecule has 32 heavy (non-hydrogen) atoms. The average Bonchev–Trinajstić information content (AvgIpc) is 2.73. The van der Waals surface area contributed by atoms with Crippen molar-refractivity contribution in [1.82, 2.24) is 9.97 Å². The quantitative estimate of drug-likeness (QED) is 0.471. The van der Waals surface area contributed by atoms with E-state index in [1.54, 1.807) is 30.6 Å². The van der Waals surface area contributed by atoms with Crippen molar-refractivity contribution in [2.75, 3.05) is 5.75 Å². The third-order valence-electron chi connectivity index (χ3n) is 4.48. The summed E-state index contributed by atoms with van der Waals surface area (Å²) in [6.45, 7) is 5.60. The molecule has 0 saturated carbocycles. The van der Waals surface area contributed by atoms with Crippen LogP contribution < -0.4 is 4.74 Å². The summed E-state index contributed by atoms with van der Waals surface area (Å²) in [5, 5.41) is 0. The van der Waals surface area contributed by atoms with Crippen LogP contribution in [0.5, 0.6) is 5.75 Å². The zero-order valence-electron chi connectivity index (χ0n) is 18.1. The molecule has 2 aromatic heterocycles. The van der Waals surface area contributed by atoms with E-state index in [0.717, 1.165) is 11.3 Å². The third-order valence-corrected chi connectivity index (χ3v) is 5.69. The highest BCUT2D eigenvalue weighted by Crippen LogP contribution is 2.37. The van der Waals surface area contributed by atoms with Crippen molar-refractivity contribution in [3.8, 4) is 17.0 Å². The fourth-order valence-corrected chi connectivity index (χ4v) is 4.49. The summed E-state index contributed by atoms with van der Waals surface area (Å²) in [6.07, 6.45) is 0.505. The first-order chi connectivity index (χ1) is 15.2. The van der Waals surface area contributed by atoms with Crippen LogP contribution in [0.2, 0.25) is 0 Å². The number of rotatable bonds is 6. The van der Waals surface area contributed by atoms with Gasteiger partial charge in [0.1, 0.15) is 11.4 Å². The summed E-state index contributed by atoms with van der Waals surface area (Å²) in [7, 11) is 0. The number of hydrogen-bond donors (Lipinski definition) is 0. The molecule has 9 nitrogen and oxygen atoms in total. The molecule has 0 unspecified atom stereocenters. The van der Waals surface area contributed by atoms with Gasteiger partial charge in [0.25, 0.3) is 0 Å². The zero-order chi connectivity index (χ0) is 23.3. The molecule has 0 bridgehead atoms. The van der Waals surface area contributed by atoms with Gasteiger partial charge in [0.2, 0.25) is 0 Å². The van der Waals surface area contributed by atoms with Crippen LogP contribution in [0, 0.1) is 6.92 Å². The molecule has 3 heterocycles. The summed E-state index contributed by atoms with van der Waals surface area (Å²) in [5.41, 5.74) is 1.38. The number of nitrogens with zero attached hydrogens (tertiary/aromatic N) is 2. The van der Waals surface area contributed by atoms with E-state index in [1.165, 1.54) is 32.5 Å². The fraction of sp³-hybridized carbons (Fsp3) is 0.409. The van der Waals surface area contributed by atoms with Crippen molar-refractivity contribution < 1.29 is 33.3 Å². The lowest BCUT2D eigenvalue weighted by atomic mass is 10.1. The normalized spacial score (nSPS) is 22.5. The Hall–Kier alpha value is -3.14. The van der Waals surface area contributed by atoms with Crippen molar-refractivity contribution in [3.63, 3.8) is 0 Å². The van der Waals surface area contributed by atoms with E-state index < -0.39 is 41.7 Å². The molecule has 0 aromatic carbocycles.